The first-order valence-corrected chi connectivity index (χ1v) is 8.52. The Morgan fingerprint density at radius 2 is 1.96 bits per heavy atom. The molecule has 6 heteroatoms. The van der Waals surface area contributed by atoms with Gasteiger partial charge < -0.3 is 15.4 Å². The van der Waals surface area contributed by atoms with Gasteiger partial charge in [-0.05, 0) is 18.9 Å². The van der Waals surface area contributed by atoms with Crippen molar-refractivity contribution in [3.63, 3.8) is 0 Å². The second-order valence-corrected chi connectivity index (χ2v) is 6.07. The van der Waals surface area contributed by atoms with Crippen LogP contribution in [0.5, 0.6) is 0 Å². The van der Waals surface area contributed by atoms with Crippen LogP contribution in [0.1, 0.15) is 17.5 Å². The van der Waals surface area contributed by atoms with Gasteiger partial charge in [-0.15, -0.1) is 0 Å². The summed E-state index contributed by atoms with van der Waals surface area (Å²) in [5, 5.41) is 5.50. The van der Waals surface area contributed by atoms with E-state index in [4.69, 9.17) is 4.74 Å². The van der Waals surface area contributed by atoms with Crippen molar-refractivity contribution in [2.24, 2.45) is 0 Å². The number of aryl methyl sites for hydroxylation is 2. The van der Waals surface area contributed by atoms with Gasteiger partial charge in [-0.25, -0.2) is 0 Å². The molecule has 2 amide bonds. The lowest BCUT2D eigenvalue weighted by molar-refractivity contribution is -0.126. The van der Waals surface area contributed by atoms with Crippen molar-refractivity contribution in [2.75, 3.05) is 45.9 Å². The fourth-order valence-electron chi connectivity index (χ4n) is 2.63. The second-order valence-electron chi connectivity index (χ2n) is 6.07. The largest absolute Gasteiger partial charge is 0.379 e. The lowest BCUT2D eigenvalue weighted by atomic mass is 10.1. The van der Waals surface area contributed by atoms with Gasteiger partial charge in [-0.2, -0.15) is 0 Å². The standard InChI is InChI=1S/C18H27N3O3/c1-15-3-2-4-16(13-15)5-6-17(22)20-14-18(23)19-7-8-21-9-11-24-12-10-21/h2-4,13H,5-12,14H2,1H3,(H,19,23)(H,20,22). The summed E-state index contributed by atoms with van der Waals surface area (Å²) in [6.45, 7) is 6.81. The van der Waals surface area contributed by atoms with Crippen LogP contribution in [0.3, 0.4) is 0 Å². The van der Waals surface area contributed by atoms with E-state index in [-0.39, 0.29) is 18.4 Å². The second kappa shape index (κ2) is 10.1. The molecule has 0 bridgehead atoms. The van der Waals surface area contributed by atoms with Crippen molar-refractivity contribution in [1.82, 2.24) is 15.5 Å². The lowest BCUT2D eigenvalue weighted by Crippen LogP contribution is -2.43. The molecule has 1 aromatic carbocycles. The summed E-state index contributed by atoms with van der Waals surface area (Å²) in [7, 11) is 0. The Kier molecular flexibility index (Phi) is 7.71. The fraction of sp³-hybridized carbons (Fsp3) is 0.556. The Labute approximate surface area is 143 Å². The summed E-state index contributed by atoms with van der Waals surface area (Å²) < 4.78 is 5.28. The molecule has 0 aliphatic carbocycles. The van der Waals surface area contributed by atoms with Crippen molar-refractivity contribution in [3.8, 4) is 0 Å². The number of ether oxygens (including phenoxy) is 1. The third-order valence-electron chi connectivity index (χ3n) is 4.02. The average Bonchev–Trinajstić information content (AvgIpc) is 2.59. The monoisotopic (exact) mass is 333 g/mol. The molecule has 24 heavy (non-hydrogen) atoms. The minimum absolute atomic E-state index is 0.0375. The summed E-state index contributed by atoms with van der Waals surface area (Å²) in [5.41, 5.74) is 2.33. The molecule has 0 unspecified atom stereocenters. The molecule has 0 radical (unpaired) electrons. The van der Waals surface area contributed by atoms with Crippen LogP contribution in [-0.4, -0.2) is 62.7 Å². The number of morpholine rings is 1. The zero-order chi connectivity index (χ0) is 17.2. The minimum atomic E-state index is -0.146. The van der Waals surface area contributed by atoms with Crippen molar-refractivity contribution in [1.29, 1.82) is 0 Å². The summed E-state index contributed by atoms with van der Waals surface area (Å²) >= 11 is 0. The first kappa shape index (κ1) is 18.4. The van der Waals surface area contributed by atoms with Crippen LogP contribution in [0, 0.1) is 6.92 Å². The van der Waals surface area contributed by atoms with Gasteiger partial charge in [0, 0.05) is 32.6 Å². The molecule has 2 rings (SSSR count). The normalized spacial score (nSPS) is 15.0. The number of rotatable bonds is 8. The van der Waals surface area contributed by atoms with Gasteiger partial charge in [-0.3, -0.25) is 14.5 Å². The summed E-state index contributed by atoms with van der Waals surface area (Å²) in [5.74, 6) is -0.244. The Balaban J connectivity index is 1.54. The highest BCUT2D eigenvalue weighted by atomic mass is 16.5. The number of carbonyl (C=O) groups excluding carboxylic acids is 2. The van der Waals surface area contributed by atoms with E-state index in [0.717, 1.165) is 38.4 Å². The highest BCUT2D eigenvalue weighted by Crippen LogP contribution is 2.06. The van der Waals surface area contributed by atoms with E-state index in [2.05, 4.69) is 21.6 Å². The molecular formula is C18H27N3O3. The van der Waals surface area contributed by atoms with Gasteiger partial charge in [0.05, 0.1) is 19.8 Å². The van der Waals surface area contributed by atoms with E-state index in [1.807, 2.05) is 25.1 Å². The molecular weight excluding hydrogens is 306 g/mol. The van der Waals surface area contributed by atoms with Crippen LogP contribution < -0.4 is 10.6 Å². The SMILES string of the molecule is Cc1cccc(CCC(=O)NCC(=O)NCCN2CCOCC2)c1. The molecule has 0 saturated carbocycles. The zero-order valence-electron chi connectivity index (χ0n) is 14.3. The number of nitrogens with one attached hydrogen (secondary N) is 2. The van der Waals surface area contributed by atoms with Gasteiger partial charge in [0.15, 0.2) is 0 Å². The van der Waals surface area contributed by atoms with Crippen LogP contribution in [0.4, 0.5) is 0 Å². The molecule has 1 fully saturated rings. The van der Waals surface area contributed by atoms with Gasteiger partial charge in [0.25, 0.3) is 0 Å². The average molecular weight is 333 g/mol. The highest BCUT2D eigenvalue weighted by Gasteiger charge is 2.10. The molecule has 1 saturated heterocycles. The quantitative estimate of drug-likeness (QED) is 0.726. The topological polar surface area (TPSA) is 70.7 Å². The van der Waals surface area contributed by atoms with Crippen LogP contribution >= 0.6 is 0 Å². The van der Waals surface area contributed by atoms with Crippen molar-refractivity contribution in [3.05, 3.63) is 35.4 Å². The van der Waals surface area contributed by atoms with Gasteiger partial charge in [-0.1, -0.05) is 29.8 Å². The zero-order valence-corrected chi connectivity index (χ0v) is 14.3. The van der Waals surface area contributed by atoms with E-state index < -0.39 is 0 Å². The van der Waals surface area contributed by atoms with E-state index in [9.17, 15) is 9.59 Å². The first-order valence-electron chi connectivity index (χ1n) is 8.52. The Hall–Kier alpha value is -1.92. The third-order valence-corrected chi connectivity index (χ3v) is 4.02. The van der Waals surface area contributed by atoms with Crippen LogP contribution in [-0.2, 0) is 20.7 Å². The predicted molar refractivity (Wildman–Crippen MR) is 92.8 cm³/mol. The molecule has 0 aromatic heterocycles. The number of nitrogens with zero attached hydrogens (tertiary/aromatic N) is 1. The lowest BCUT2D eigenvalue weighted by Gasteiger charge is -2.26. The Bertz CT molecular complexity index is 542. The van der Waals surface area contributed by atoms with Crippen LogP contribution in [0.15, 0.2) is 24.3 Å². The predicted octanol–water partition coefficient (Wildman–Crippen LogP) is 0.492. The van der Waals surface area contributed by atoms with Crippen molar-refractivity contribution >= 4 is 11.8 Å². The van der Waals surface area contributed by atoms with Crippen molar-refractivity contribution < 1.29 is 14.3 Å². The summed E-state index contributed by atoms with van der Waals surface area (Å²) in [4.78, 5) is 25.8. The molecule has 1 aliphatic heterocycles. The van der Waals surface area contributed by atoms with E-state index in [1.165, 1.54) is 5.56 Å². The maximum absolute atomic E-state index is 11.8. The summed E-state index contributed by atoms with van der Waals surface area (Å²) in [6, 6.07) is 8.11. The van der Waals surface area contributed by atoms with Gasteiger partial charge in [0.1, 0.15) is 0 Å². The van der Waals surface area contributed by atoms with Crippen LogP contribution in [0.2, 0.25) is 0 Å². The molecule has 1 aromatic rings. The minimum Gasteiger partial charge on any atom is -0.379 e. The van der Waals surface area contributed by atoms with Gasteiger partial charge >= 0.3 is 0 Å². The number of benzene rings is 1. The number of hydrogen-bond acceptors (Lipinski definition) is 4. The molecule has 6 nitrogen and oxygen atoms in total. The third kappa shape index (κ3) is 7.10. The maximum atomic E-state index is 11.8. The van der Waals surface area contributed by atoms with E-state index in [1.54, 1.807) is 0 Å². The summed E-state index contributed by atoms with van der Waals surface area (Å²) in [6.07, 6.45) is 1.08. The molecule has 1 aliphatic rings. The Morgan fingerprint density at radius 3 is 2.71 bits per heavy atom. The number of hydrogen-bond donors (Lipinski definition) is 2. The molecule has 2 N–H and O–H groups in total. The molecule has 132 valence electrons. The molecule has 0 atom stereocenters. The van der Waals surface area contributed by atoms with Gasteiger partial charge in [0.2, 0.25) is 11.8 Å². The highest BCUT2D eigenvalue weighted by molar-refractivity contribution is 5.84. The Morgan fingerprint density at radius 1 is 1.17 bits per heavy atom. The maximum Gasteiger partial charge on any atom is 0.239 e. The number of carbonyl (C=O) groups is 2. The molecule has 1 heterocycles. The number of amides is 2. The fourth-order valence-corrected chi connectivity index (χ4v) is 2.63. The van der Waals surface area contributed by atoms with E-state index in [0.29, 0.717) is 19.4 Å². The van der Waals surface area contributed by atoms with Crippen LogP contribution in [0.25, 0.3) is 0 Å². The van der Waals surface area contributed by atoms with E-state index >= 15 is 0 Å². The first-order chi connectivity index (χ1) is 11.6. The smallest absolute Gasteiger partial charge is 0.239 e. The van der Waals surface area contributed by atoms with Crippen molar-refractivity contribution in [2.45, 2.75) is 19.8 Å². The molecule has 0 spiro atoms.